The highest BCUT2D eigenvalue weighted by atomic mass is 16.4. The zero-order valence-electron chi connectivity index (χ0n) is 42.8. The Balaban J connectivity index is 6.68. The lowest BCUT2D eigenvalue weighted by molar-refractivity contribution is -0.143. The number of carbonyl (C=O) groups excluding carboxylic acids is 8. The van der Waals surface area contributed by atoms with Gasteiger partial charge in [0, 0.05) is 6.42 Å². The summed E-state index contributed by atoms with van der Waals surface area (Å²) >= 11 is 0. The van der Waals surface area contributed by atoms with Crippen molar-refractivity contribution in [2.75, 3.05) is 32.8 Å². The average molecular weight is 1030 g/mol. The van der Waals surface area contributed by atoms with Crippen LogP contribution in [0, 0.1) is 17.8 Å². The molecule has 20 N–H and O–H groups in total. The number of nitrogens with two attached hydrogens (primary N) is 4. The van der Waals surface area contributed by atoms with Crippen LogP contribution in [0.15, 0.2) is 0 Å². The smallest absolute Gasteiger partial charge is 0.326 e. The lowest BCUT2D eigenvalue weighted by Gasteiger charge is -2.30. The van der Waals surface area contributed by atoms with Gasteiger partial charge in [-0.25, -0.2) is 4.79 Å². The van der Waals surface area contributed by atoms with Gasteiger partial charge in [-0.1, -0.05) is 48.0 Å². The van der Waals surface area contributed by atoms with Crippen molar-refractivity contribution in [1.29, 1.82) is 0 Å². The van der Waals surface area contributed by atoms with E-state index in [1.54, 1.807) is 41.5 Å². The molecular formula is C46H86N12O14. The van der Waals surface area contributed by atoms with Crippen LogP contribution < -0.4 is 65.5 Å². The molecule has 0 aliphatic heterocycles. The van der Waals surface area contributed by atoms with E-state index >= 15 is 0 Å². The van der Waals surface area contributed by atoms with Crippen LogP contribution in [0.3, 0.4) is 0 Å². The number of carboxylic acids is 2. The summed E-state index contributed by atoms with van der Waals surface area (Å²) in [5.41, 5.74) is 22.7. The van der Waals surface area contributed by atoms with Crippen LogP contribution in [0.2, 0.25) is 0 Å². The standard InChI is InChI=1S/C46H86N12O14/c1-7-27(6)37(58-43(68)34(24-60)56-41(66)32(17-18-35(61)62)51-38(63)28(50)23-59)45(70)54-30(15-9-12-20-48)40(65)52-29(14-8-11-19-47)39(64)53-31(16-10-13-21-49)42(67)57-36(26(4)5)44(69)55-33(46(71)72)22-25(2)3/h25-34,36-37,59-60H,7-24,47-50H2,1-6H3,(H,51,63)(H,52,65)(H,53,64)(H,54,70)(H,55,69)(H,56,66)(H,57,67)(H,58,68)(H,61,62)(H,71,72)/t27-,28-,29-,30-,31-,32-,33-,34-,36-,37-/m0/s1. The number of aliphatic carboxylic acids is 2. The van der Waals surface area contributed by atoms with Gasteiger partial charge in [-0.05, 0) is 108 Å². The lowest BCUT2D eigenvalue weighted by atomic mass is 9.97. The number of hydrogen-bond acceptors (Lipinski definition) is 16. The molecule has 0 spiro atoms. The molecule has 0 aromatic rings. The van der Waals surface area contributed by atoms with Crippen LogP contribution in [-0.2, 0) is 47.9 Å². The van der Waals surface area contributed by atoms with Gasteiger partial charge in [0.15, 0.2) is 0 Å². The number of nitrogens with one attached hydrogen (secondary N) is 8. The Morgan fingerprint density at radius 1 is 0.444 bits per heavy atom. The molecule has 26 nitrogen and oxygen atoms in total. The Morgan fingerprint density at radius 2 is 0.806 bits per heavy atom. The molecule has 0 radical (unpaired) electrons. The topological polar surface area (TPSA) is 452 Å². The molecule has 8 amide bonds. The van der Waals surface area contributed by atoms with E-state index < -0.39 is 151 Å². The quantitative estimate of drug-likeness (QED) is 0.0263. The van der Waals surface area contributed by atoms with E-state index in [4.69, 9.17) is 22.9 Å². The summed E-state index contributed by atoms with van der Waals surface area (Å²) in [4.78, 5) is 132. The molecule has 414 valence electrons. The van der Waals surface area contributed by atoms with Crippen LogP contribution in [0.25, 0.3) is 0 Å². The van der Waals surface area contributed by atoms with Crippen molar-refractivity contribution >= 4 is 59.2 Å². The molecule has 0 fully saturated rings. The summed E-state index contributed by atoms with van der Waals surface area (Å²) in [5, 5.41) is 58.5. The second-order valence-corrected chi connectivity index (χ2v) is 18.7. The number of hydrogen-bond donors (Lipinski definition) is 16. The maximum Gasteiger partial charge on any atom is 0.326 e. The van der Waals surface area contributed by atoms with Gasteiger partial charge in [0.2, 0.25) is 47.3 Å². The van der Waals surface area contributed by atoms with E-state index in [9.17, 15) is 68.4 Å². The van der Waals surface area contributed by atoms with Gasteiger partial charge in [-0.15, -0.1) is 0 Å². The molecule has 0 saturated carbocycles. The molecule has 26 heteroatoms. The van der Waals surface area contributed by atoms with Crippen molar-refractivity contribution in [3.8, 4) is 0 Å². The lowest BCUT2D eigenvalue weighted by Crippen LogP contribution is -2.61. The summed E-state index contributed by atoms with van der Waals surface area (Å²) in [7, 11) is 0. The van der Waals surface area contributed by atoms with E-state index in [2.05, 4.69) is 42.5 Å². The van der Waals surface area contributed by atoms with Gasteiger partial charge in [0.1, 0.15) is 54.4 Å². The van der Waals surface area contributed by atoms with Crippen molar-refractivity contribution < 1.29 is 68.4 Å². The first kappa shape index (κ1) is 66.5. The van der Waals surface area contributed by atoms with E-state index in [0.717, 1.165) is 0 Å². The Bertz CT molecular complexity index is 1740. The number of aliphatic hydroxyl groups excluding tert-OH is 2. The summed E-state index contributed by atoms with van der Waals surface area (Å²) in [6.07, 6.45) is 2.00. The van der Waals surface area contributed by atoms with E-state index in [0.29, 0.717) is 44.9 Å². The highest BCUT2D eigenvalue weighted by Crippen LogP contribution is 2.14. The summed E-state index contributed by atoms with van der Waals surface area (Å²) < 4.78 is 0. The maximum atomic E-state index is 14.2. The third-order valence-corrected chi connectivity index (χ3v) is 11.7. The van der Waals surface area contributed by atoms with Crippen LogP contribution >= 0.6 is 0 Å². The fourth-order valence-electron chi connectivity index (χ4n) is 7.15. The zero-order valence-corrected chi connectivity index (χ0v) is 42.8. The number of aliphatic hydroxyl groups is 2. The molecule has 0 aromatic heterocycles. The van der Waals surface area contributed by atoms with Gasteiger partial charge in [0.05, 0.1) is 13.2 Å². The second kappa shape index (κ2) is 36.4. The predicted octanol–water partition coefficient (Wildman–Crippen LogP) is -3.74. The van der Waals surface area contributed by atoms with Crippen molar-refractivity contribution in [1.82, 2.24) is 42.5 Å². The Kier molecular flexibility index (Phi) is 33.6. The van der Waals surface area contributed by atoms with E-state index in [1.165, 1.54) is 0 Å². The van der Waals surface area contributed by atoms with Crippen molar-refractivity contribution in [2.24, 2.45) is 40.7 Å². The highest BCUT2D eigenvalue weighted by Gasteiger charge is 2.36. The first-order valence-corrected chi connectivity index (χ1v) is 24.9. The third-order valence-electron chi connectivity index (χ3n) is 11.7. The summed E-state index contributed by atoms with van der Waals surface area (Å²) in [6, 6.07) is -12.3. The zero-order chi connectivity index (χ0) is 55.1. The number of carbonyl (C=O) groups is 10. The fourth-order valence-corrected chi connectivity index (χ4v) is 7.15. The molecule has 0 heterocycles. The normalized spacial score (nSPS) is 15.5. The predicted molar refractivity (Wildman–Crippen MR) is 265 cm³/mol. The summed E-state index contributed by atoms with van der Waals surface area (Å²) in [6.45, 7) is 9.24. The third kappa shape index (κ3) is 25.7. The molecule has 0 aliphatic rings. The first-order valence-electron chi connectivity index (χ1n) is 24.9. The fraction of sp³-hybridized carbons (Fsp3) is 0.783. The molecule has 0 aromatic carbocycles. The molecule has 0 unspecified atom stereocenters. The van der Waals surface area contributed by atoms with E-state index in [1.807, 2.05) is 0 Å². The van der Waals surface area contributed by atoms with Crippen LogP contribution in [-0.4, -0.2) is 167 Å². The average Bonchev–Trinajstić information content (AvgIpc) is 3.32. The second-order valence-electron chi connectivity index (χ2n) is 18.7. The molecule has 10 atom stereocenters. The van der Waals surface area contributed by atoms with Crippen molar-refractivity contribution in [3.63, 3.8) is 0 Å². The summed E-state index contributed by atoms with van der Waals surface area (Å²) in [5.74, 6) is -10.7. The Hall–Kier alpha value is -5.54. The van der Waals surface area contributed by atoms with Crippen molar-refractivity contribution in [2.45, 2.75) is 179 Å². The van der Waals surface area contributed by atoms with Crippen molar-refractivity contribution in [3.05, 3.63) is 0 Å². The minimum Gasteiger partial charge on any atom is -0.481 e. The minimum atomic E-state index is -1.72. The Morgan fingerprint density at radius 3 is 1.18 bits per heavy atom. The van der Waals surface area contributed by atoms with E-state index in [-0.39, 0.29) is 51.2 Å². The minimum absolute atomic E-state index is 0.0223. The van der Waals surface area contributed by atoms with Crippen LogP contribution in [0.4, 0.5) is 0 Å². The van der Waals surface area contributed by atoms with Gasteiger partial charge in [-0.2, -0.15) is 0 Å². The number of rotatable bonds is 39. The van der Waals surface area contributed by atoms with Crippen LogP contribution in [0.1, 0.15) is 125 Å². The van der Waals surface area contributed by atoms with Gasteiger partial charge < -0.3 is 85.9 Å². The maximum absolute atomic E-state index is 14.2. The Labute approximate surface area is 422 Å². The monoisotopic (exact) mass is 1030 g/mol. The molecule has 72 heavy (non-hydrogen) atoms. The SMILES string of the molecule is CC[C@H](C)[C@H](NC(=O)[C@H](CO)NC(=O)[C@H](CCC(=O)O)NC(=O)[C@@H](N)CO)C(=O)N[C@@H](CCCCN)C(=O)N[C@@H](CCCCN)C(=O)N[C@@H](CCCCN)C(=O)N[C@H](C(=O)N[C@@H](CC(C)C)C(=O)O)C(C)C. The molecule has 0 aliphatic carbocycles. The molecule has 0 rings (SSSR count). The first-order chi connectivity index (χ1) is 33.9. The number of unbranched alkanes of at least 4 members (excludes halogenated alkanes) is 3. The molecule has 0 bridgehead atoms. The van der Waals surface area contributed by atoms with Gasteiger partial charge in [0.25, 0.3) is 0 Å². The molecule has 0 saturated heterocycles. The molecular weight excluding hydrogens is 945 g/mol. The largest absolute Gasteiger partial charge is 0.481 e. The van der Waals surface area contributed by atoms with Gasteiger partial charge in [-0.3, -0.25) is 43.2 Å². The van der Waals surface area contributed by atoms with Crippen LogP contribution in [0.5, 0.6) is 0 Å². The van der Waals surface area contributed by atoms with Gasteiger partial charge >= 0.3 is 11.9 Å². The highest BCUT2D eigenvalue weighted by molar-refractivity contribution is 5.98. The number of carboxylic acid groups (broad SMARTS) is 2. The number of amides is 8.